The number of nitrogens with zero attached hydrogens (tertiary/aromatic N) is 3. The van der Waals surface area contributed by atoms with Gasteiger partial charge in [-0.2, -0.15) is 15.8 Å². The van der Waals surface area contributed by atoms with Crippen molar-refractivity contribution in [1.82, 2.24) is 0 Å². The molecule has 5 heteroatoms. The van der Waals surface area contributed by atoms with Gasteiger partial charge >= 0.3 is 0 Å². The first-order valence-electron chi connectivity index (χ1n) is 6.68. The van der Waals surface area contributed by atoms with Gasteiger partial charge in [0.2, 0.25) is 0 Å². The average Bonchev–Trinajstić information content (AvgIpc) is 2.62. The lowest BCUT2D eigenvalue weighted by atomic mass is 10.0. The molecule has 110 valence electrons. The highest BCUT2D eigenvalue weighted by atomic mass is 16.5. The van der Waals surface area contributed by atoms with Gasteiger partial charge < -0.3 is 10.1 Å². The van der Waals surface area contributed by atoms with Crippen molar-refractivity contribution in [3.8, 4) is 35.1 Å². The number of methoxy groups -OCH3 is 1. The molecule has 0 aliphatic heterocycles. The fourth-order valence-electron chi connectivity index (χ4n) is 2.04. The van der Waals surface area contributed by atoms with Crippen LogP contribution < -0.4 is 10.1 Å². The van der Waals surface area contributed by atoms with Gasteiger partial charge in [0.15, 0.2) is 5.57 Å². The lowest BCUT2D eigenvalue weighted by Crippen LogP contribution is -2.00. The van der Waals surface area contributed by atoms with Crippen molar-refractivity contribution in [1.29, 1.82) is 15.8 Å². The summed E-state index contributed by atoms with van der Waals surface area (Å²) in [5.41, 5.74) is 2.20. The number of ether oxygens (including phenoxy) is 1. The third-order valence-electron chi connectivity index (χ3n) is 3.16. The molecule has 0 fully saturated rings. The van der Waals surface area contributed by atoms with E-state index in [1.807, 2.05) is 42.5 Å². The summed E-state index contributed by atoms with van der Waals surface area (Å²) in [4.78, 5) is 0. The number of allylic oxidation sites excluding steroid dienone is 2. The molecule has 5 nitrogen and oxygen atoms in total. The Bertz CT molecular complexity index is 846. The quantitative estimate of drug-likeness (QED) is 0.871. The number of hydrogen-bond acceptors (Lipinski definition) is 5. The second-order valence-electron chi connectivity index (χ2n) is 4.49. The Morgan fingerprint density at radius 2 is 1.57 bits per heavy atom. The molecule has 2 rings (SSSR count). The maximum absolute atomic E-state index is 9.03. The van der Waals surface area contributed by atoms with Crippen LogP contribution in [-0.4, -0.2) is 7.11 Å². The van der Waals surface area contributed by atoms with Gasteiger partial charge in [0.1, 0.15) is 29.7 Å². The first-order valence-corrected chi connectivity index (χ1v) is 6.68. The first-order chi connectivity index (χ1) is 11.2. The predicted octanol–water partition coefficient (Wildman–Crippen LogP) is 3.60. The monoisotopic (exact) mass is 300 g/mol. The molecule has 0 radical (unpaired) electrons. The Hall–Kier alpha value is -3.75. The maximum Gasteiger partial charge on any atom is 0.163 e. The molecule has 0 aromatic heterocycles. The summed E-state index contributed by atoms with van der Waals surface area (Å²) in [5.74, 6) is 0.766. The van der Waals surface area contributed by atoms with E-state index < -0.39 is 0 Å². The minimum Gasteiger partial charge on any atom is -0.496 e. The van der Waals surface area contributed by atoms with Gasteiger partial charge in [-0.3, -0.25) is 0 Å². The molecule has 2 aromatic carbocycles. The van der Waals surface area contributed by atoms with Crippen LogP contribution in [0, 0.1) is 34.0 Å². The van der Waals surface area contributed by atoms with Crippen LogP contribution >= 0.6 is 0 Å². The van der Waals surface area contributed by atoms with Gasteiger partial charge in [-0.05, 0) is 23.8 Å². The molecule has 0 atom stereocenters. The summed E-state index contributed by atoms with van der Waals surface area (Å²) in [5, 5.41) is 29.5. The molecule has 0 aliphatic carbocycles. The Morgan fingerprint density at radius 3 is 2.13 bits per heavy atom. The number of nitriles is 3. The lowest BCUT2D eigenvalue weighted by Gasteiger charge is -2.10. The van der Waals surface area contributed by atoms with Crippen LogP contribution in [0.5, 0.6) is 5.75 Å². The molecule has 0 spiro atoms. The van der Waals surface area contributed by atoms with E-state index in [-0.39, 0.29) is 11.3 Å². The Morgan fingerprint density at radius 1 is 0.913 bits per heavy atom. The molecule has 0 aliphatic rings. The zero-order valence-corrected chi connectivity index (χ0v) is 12.4. The highest BCUT2D eigenvalue weighted by Crippen LogP contribution is 2.30. The highest BCUT2D eigenvalue weighted by Gasteiger charge is 2.07. The number of nitrogens with one attached hydrogen (secondary N) is 1. The predicted molar refractivity (Wildman–Crippen MR) is 85.9 cm³/mol. The van der Waals surface area contributed by atoms with E-state index in [9.17, 15) is 0 Å². The Labute approximate surface area is 134 Å². The topological polar surface area (TPSA) is 92.6 Å². The Kier molecular flexibility index (Phi) is 4.97. The summed E-state index contributed by atoms with van der Waals surface area (Å²) in [6, 6.07) is 20.1. The second-order valence-corrected chi connectivity index (χ2v) is 4.49. The zero-order chi connectivity index (χ0) is 16.7. The second kappa shape index (κ2) is 7.31. The van der Waals surface area contributed by atoms with Crippen molar-refractivity contribution < 1.29 is 4.74 Å². The first kappa shape index (κ1) is 15.6. The summed E-state index contributed by atoms with van der Waals surface area (Å²) in [7, 11) is 1.62. The number of anilines is 1. The van der Waals surface area contributed by atoms with E-state index in [0.717, 1.165) is 16.9 Å². The van der Waals surface area contributed by atoms with Gasteiger partial charge in [0.05, 0.1) is 7.11 Å². The van der Waals surface area contributed by atoms with Crippen molar-refractivity contribution >= 4 is 5.69 Å². The molecule has 0 amide bonds. The molecule has 2 aromatic rings. The van der Waals surface area contributed by atoms with Gasteiger partial charge in [-0.25, -0.2) is 0 Å². The van der Waals surface area contributed by atoms with E-state index in [4.69, 9.17) is 20.5 Å². The third-order valence-corrected chi connectivity index (χ3v) is 3.16. The van der Waals surface area contributed by atoms with Crippen molar-refractivity contribution in [2.75, 3.05) is 12.4 Å². The Balaban J connectivity index is 2.31. The average molecular weight is 300 g/mol. The van der Waals surface area contributed by atoms with Crippen molar-refractivity contribution in [2.45, 2.75) is 0 Å². The van der Waals surface area contributed by atoms with Gasteiger partial charge in [0, 0.05) is 11.3 Å². The van der Waals surface area contributed by atoms with Gasteiger partial charge in [-0.15, -0.1) is 0 Å². The molecule has 0 saturated carbocycles. The third kappa shape index (κ3) is 3.47. The molecular weight excluding hydrogens is 288 g/mol. The van der Waals surface area contributed by atoms with Crippen LogP contribution in [0.2, 0.25) is 0 Å². The summed E-state index contributed by atoms with van der Waals surface area (Å²) < 4.78 is 5.33. The number of rotatable bonds is 4. The fraction of sp³-hybridized carbons (Fsp3) is 0.0556. The SMILES string of the molecule is COc1ccccc1-c1ccc(NC(C#N)=C(C#N)C#N)cc1. The molecular formula is C18H12N4O. The lowest BCUT2D eigenvalue weighted by molar-refractivity contribution is 0.416. The van der Waals surface area contributed by atoms with E-state index in [2.05, 4.69) is 5.32 Å². The number of para-hydroxylation sites is 1. The van der Waals surface area contributed by atoms with Crippen molar-refractivity contribution in [3.05, 3.63) is 59.8 Å². The smallest absolute Gasteiger partial charge is 0.163 e. The van der Waals surface area contributed by atoms with Crippen LogP contribution in [0.4, 0.5) is 5.69 Å². The van der Waals surface area contributed by atoms with E-state index in [1.54, 1.807) is 31.4 Å². The normalized spacial score (nSPS) is 8.96. The zero-order valence-electron chi connectivity index (χ0n) is 12.4. The minimum atomic E-state index is -0.249. The van der Waals surface area contributed by atoms with Crippen LogP contribution in [-0.2, 0) is 0 Å². The molecule has 0 heterocycles. The summed E-state index contributed by atoms with van der Waals surface area (Å²) in [6.07, 6.45) is 0. The molecule has 0 saturated heterocycles. The van der Waals surface area contributed by atoms with Gasteiger partial charge in [0.25, 0.3) is 0 Å². The van der Waals surface area contributed by atoms with E-state index in [1.165, 1.54) is 0 Å². The molecule has 23 heavy (non-hydrogen) atoms. The maximum atomic E-state index is 9.03. The van der Waals surface area contributed by atoms with Gasteiger partial charge in [-0.1, -0.05) is 30.3 Å². The van der Waals surface area contributed by atoms with Crippen molar-refractivity contribution in [3.63, 3.8) is 0 Å². The fourth-order valence-corrected chi connectivity index (χ4v) is 2.04. The van der Waals surface area contributed by atoms with Crippen LogP contribution in [0.15, 0.2) is 59.8 Å². The number of hydrogen-bond donors (Lipinski definition) is 1. The minimum absolute atomic E-state index is 0.0694. The summed E-state index contributed by atoms with van der Waals surface area (Å²) in [6.45, 7) is 0. The van der Waals surface area contributed by atoms with Crippen molar-refractivity contribution in [2.24, 2.45) is 0 Å². The molecule has 1 N–H and O–H groups in total. The van der Waals surface area contributed by atoms with Crippen LogP contribution in [0.1, 0.15) is 0 Å². The van der Waals surface area contributed by atoms with Crippen LogP contribution in [0.25, 0.3) is 11.1 Å². The van der Waals surface area contributed by atoms with E-state index in [0.29, 0.717) is 5.69 Å². The summed E-state index contributed by atoms with van der Waals surface area (Å²) >= 11 is 0. The standard InChI is InChI=1S/C18H12N4O/c1-23-18-5-3-2-4-16(18)13-6-8-15(9-7-13)22-17(12-21)14(10-19)11-20/h2-9,22H,1H3. The van der Waals surface area contributed by atoms with E-state index >= 15 is 0 Å². The molecule has 0 unspecified atom stereocenters. The molecule has 0 bridgehead atoms. The highest BCUT2D eigenvalue weighted by molar-refractivity contribution is 5.72. The van der Waals surface area contributed by atoms with Crippen LogP contribution in [0.3, 0.4) is 0 Å². The largest absolute Gasteiger partial charge is 0.496 e. The number of benzene rings is 2.